The molecule has 0 unspecified atom stereocenters. The van der Waals surface area contributed by atoms with E-state index in [1.54, 1.807) is 0 Å². The molecular formula is C40H44Cl2N4O3. The molecule has 9 heteroatoms. The quantitative estimate of drug-likeness (QED) is 0.201. The minimum Gasteiger partial charge on any atom is -0.412 e. The Hall–Kier alpha value is -4.56. The van der Waals surface area contributed by atoms with Gasteiger partial charge in [0, 0.05) is 62.2 Å². The van der Waals surface area contributed by atoms with Gasteiger partial charge in [-0.3, -0.25) is 9.59 Å². The zero-order valence-corrected chi connectivity index (χ0v) is 29.6. The molecule has 0 bridgehead atoms. The van der Waals surface area contributed by atoms with E-state index in [-0.39, 0.29) is 41.1 Å². The second-order valence-corrected chi connectivity index (χ2v) is 12.5. The van der Waals surface area contributed by atoms with Gasteiger partial charge in [0.2, 0.25) is 0 Å². The molecule has 6 aromatic rings. The Bertz CT molecular complexity index is 2000. The smallest absolute Gasteiger partial charge is 0.194 e. The molecule has 4 heterocycles. The van der Waals surface area contributed by atoms with Crippen LogP contribution in [0.2, 0.25) is 0 Å². The molecule has 0 fully saturated rings. The predicted octanol–water partition coefficient (Wildman–Crippen LogP) is 6.88. The monoisotopic (exact) mass is 698 g/mol. The number of halogens is 2. The van der Waals surface area contributed by atoms with Crippen molar-refractivity contribution in [3.8, 4) is 0 Å². The predicted molar refractivity (Wildman–Crippen MR) is 209 cm³/mol. The number of hydrogen-bond donors (Lipinski definition) is 0. The SMILES string of the molecule is CN1CCCc2c1n(Cc1ccccc1)c1ccccc1c2=O.CN1CCCc2c1n(Cc1ccccc1)c1ccccc1c2=O.Cl.Cl.O. The number of para-hydroxylation sites is 2. The number of fused-ring (bicyclic) bond motifs is 4. The summed E-state index contributed by atoms with van der Waals surface area (Å²) in [5, 5.41) is 1.66. The largest absolute Gasteiger partial charge is 0.412 e. The fourth-order valence-corrected chi connectivity index (χ4v) is 7.26. The Morgan fingerprint density at radius 3 is 1.24 bits per heavy atom. The van der Waals surface area contributed by atoms with Gasteiger partial charge in [0.15, 0.2) is 10.9 Å². The zero-order chi connectivity index (χ0) is 31.6. The molecule has 7 nitrogen and oxygen atoms in total. The Labute approximate surface area is 299 Å². The summed E-state index contributed by atoms with van der Waals surface area (Å²) in [6.45, 7) is 3.57. The van der Waals surface area contributed by atoms with Crippen LogP contribution in [0.25, 0.3) is 21.8 Å². The summed E-state index contributed by atoms with van der Waals surface area (Å²) < 4.78 is 4.61. The molecule has 0 radical (unpaired) electrons. The molecule has 256 valence electrons. The van der Waals surface area contributed by atoms with E-state index in [4.69, 9.17) is 0 Å². The van der Waals surface area contributed by atoms with Gasteiger partial charge in [0.25, 0.3) is 0 Å². The van der Waals surface area contributed by atoms with Crippen LogP contribution in [0.3, 0.4) is 0 Å². The van der Waals surface area contributed by atoms with Crippen molar-refractivity contribution >= 4 is 58.3 Å². The van der Waals surface area contributed by atoms with Crippen LogP contribution >= 0.6 is 24.8 Å². The van der Waals surface area contributed by atoms with Crippen LogP contribution in [0.15, 0.2) is 119 Å². The Kier molecular flexibility index (Phi) is 12.3. The van der Waals surface area contributed by atoms with E-state index in [2.05, 4.69) is 93.7 Å². The summed E-state index contributed by atoms with van der Waals surface area (Å²) in [7, 11) is 4.18. The molecule has 0 saturated carbocycles. The van der Waals surface area contributed by atoms with Gasteiger partial charge in [0.05, 0.1) is 11.0 Å². The first-order chi connectivity index (χ1) is 22.5. The number of anilines is 2. The van der Waals surface area contributed by atoms with Crippen molar-refractivity contribution in [2.45, 2.75) is 38.8 Å². The summed E-state index contributed by atoms with van der Waals surface area (Å²) >= 11 is 0. The molecule has 4 aromatic carbocycles. The van der Waals surface area contributed by atoms with Gasteiger partial charge in [-0.1, -0.05) is 84.9 Å². The molecule has 0 aliphatic carbocycles. The van der Waals surface area contributed by atoms with Gasteiger partial charge in [-0.2, -0.15) is 0 Å². The molecule has 8 rings (SSSR count). The van der Waals surface area contributed by atoms with Gasteiger partial charge in [-0.05, 0) is 61.1 Å². The normalized spacial score (nSPS) is 13.2. The van der Waals surface area contributed by atoms with Crippen molar-refractivity contribution in [2.75, 3.05) is 37.0 Å². The molecule has 0 spiro atoms. The van der Waals surface area contributed by atoms with Gasteiger partial charge in [0.1, 0.15) is 11.6 Å². The highest BCUT2D eigenvalue weighted by Crippen LogP contribution is 2.30. The first-order valence-corrected chi connectivity index (χ1v) is 16.3. The van der Waals surface area contributed by atoms with Gasteiger partial charge in [-0.25, -0.2) is 0 Å². The lowest BCUT2D eigenvalue weighted by molar-refractivity contribution is 0.684. The molecule has 0 saturated heterocycles. The number of rotatable bonds is 4. The van der Waals surface area contributed by atoms with Crippen molar-refractivity contribution in [2.24, 2.45) is 0 Å². The fraction of sp³-hybridized carbons (Fsp3) is 0.250. The van der Waals surface area contributed by atoms with E-state index in [1.807, 2.05) is 48.5 Å². The fourth-order valence-electron chi connectivity index (χ4n) is 7.26. The molecule has 2 aromatic heterocycles. The Morgan fingerprint density at radius 2 is 0.857 bits per heavy atom. The van der Waals surface area contributed by atoms with E-state index < -0.39 is 0 Å². The highest BCUT2D eigenvalue weighted by atomic mass is 35.5. The maximum Gasteiger partial charge on any atom is 0.194 e. The minimum absolute atomic E-state index is 0. The molecule has 2 N–H and O–H groups in total. The molecular weight excluding hydrogens is 655 g/mol. The van der Waals surface area contributed by atoms with Crippen LogP contribution in [-0.4, -0.2) is 41.8 Å². The number of hydrogen-bond acceptors (Lipinski definition) is 4. The average Bonchev–Trinajstić information content (AvgIpc) is 3.10. The average molecular weight is 700 g/mol. The Morgan fingerprint density at radius 1 is 0.510 bits per heavy atom. The van der Waals surface area contributed by atoms with E-state index in [0.29, 0.717) is 0 Å². The van der Waals surface area contributed by atoms with E-state index in [1.165, 1.54) is 11.1 Å². The van der Waals surface area contributed by atoms with Crippen molar-refractivity contribution in [3.05, 3.63) is 152 Å². The second kappa shape index (κ2) is 16.2. The van der Waals surface area contributed by atoms with Crippen LogP contribution in [-0.2, 0) is 25.9 Å². The number of aromatic nitrogens is 2. The third kappa shape index (κ3) is 7.25. The summed E-state index contributed by atoms with van der Waals surface area (Å²) in [6.07, 6.45) is 3.83. The number of nitrogens with zero attached hydrogens (tertiary/aromatic N) is 4. The second-order valence-electron chi connectivity index (χ2n) is 12.5. The zero-order valence-electron chi connectivity index (χ0n) is 28.0. The van der Waals surface area contributed by atoms with Crippen LogP contribution in [0.4, 0.5) is 11.6 Å². The van der Waals surface area contributed by atoms with Gasteiger partial charge in [-0.15, -0.1) is 24.8 Å². The first kappa shape index (κ1) is 37.3. The van der Waals surface area contributed by atoms with E-state index >= 15 is 0 Å². The van der Waals surface area contributed by atoms with E-state index in [9.17, 15) is 9.59 Å². The van der Waals surface area contributed by atoms with E-state index in [0.717, 1.165) is 96.4 Å². The van der Waals surface area contributed by atoms with Crippen LogP contribution in [0, 0.1) is 0 Å². The summed E-state index contributed by atoms with van der Waals surface area (Å²) in [5.41, 5.74) is 6.88. The third-order valence-electron chi connectivity index (χ3n) is 9.41. The van der Waals surface area contributed by atoms with Crippen LogP contribution in [0.5, 0.6) is 0 Å². The maximum absolute atomic E-state index is 12.9. The maximum atomic E-state index is 12.9. The lowest BCUT2D eigenvalue weighted by atomic mass is 10.0. The van der Waals surface area contributed by atoms with Gasteiger partial charge < -0.3 is 24.4 Å². The molecule has 2 aliphatic rings. The van der Waals surface area contributed by atoms with Crippen LogP contribution in [0.1, 0.15) is 35.1 Å². The van der Waals surface area contributed by atoms with Crippen molar-refractivity contribution in [1.29, 1.82) is 0 Å². The third-order valence-corrected chi connectivity index (χ3v) is 9.41. The molecule has 2 aliphatic heterocycles. The standard InChI is InChI=1S/2C20H20N2O.2ClH.H2O/c2*1-21-13-7-11-17-19(23)16-10-5-6-12-18(16)22(20(17)21)14-15-8-3-2-4-9-15;;;/h2*2-6,8-10,12H,7,11,13-14H2,1H3;2*1H;1H2. The van der Waals surface area contributed by atoms with Crippen molar-refractivity contribution < 1.29 is 5.48 Å². The highest BCUT2D eigenvalue weighted by molar-refractivity contribution is 5.86. The molecule has 0 amide bonds. The minimum atomic E-state index is 0. The van der Waals surface area contributed by atoms with Crippen molar-refractivity contribution in [3.63, 3.8) is 0 Å². The van der Waals surface area contributed by atoms with Crippen molar-refractivity contribution in [1.82, 2.24) is 9.13 Å². The molecule has 0 atom stereocenters. The number of pyridine rings is 2. The summed E-state index contributed by atoms with van der Waals surface area (Å²) in [5.74, 6) is 2.17. The molecule has 49 heavy (non-hydrogen) atoms. The van der Waals surface area contributed by atoms with Gasteiger partial charge >= 0.3 is 0 Å². The highest BCUT2D eigenvalue weighted by Gasteiger charge is 2.24. The summed E-state index contributed by atoms with van der Waals surface area (Å²) in [6, 6.07) is 36.9. The van der Waals surface area contributed by atoms with Crippen LogP contribution < -0.4 is 20.7 Å². The lowest BCUT2D eigenvalue weighted by Crippen LogP contribution is -2.33. The topological polar surface area (TPSA) is 82.0 Å². The Balaban J connectivity index is 0.000000208. The lowest BCUT2D eigenvalue weighted by Gasteiger charge is -2.31. The first-order valence-electron chi connectivity index (χ1n) is 16.3. The number of benzene rings is 4. The summed E-state index contributed by atoms with van der Waals surface area (Å²) in [4.78, 5) is 30.2.